The van der Waals surface area contributed by atoms with Crippen LogP contribution in [0, 0.1) is 0 Å². The summed E-state index contributed by atoms with van der Waals surface area (Å²) in [5, 5.41) is 3.00. The minimum absolute atomic E-state index is 0.275. The second-order valence-corrected chi connectivity index (χ2v) is 2.88. The summed E-state index contributed by atoms with van der Waals surface area (Å²) in [5.41, 5.74) is 5.07. The quantitative estimate of drug-likeness (QED) is 0.635. The molecule has 0 fully saturated rings. The van der Waals surface area contributed by atoms with Crippen LogP contribution in [0.3, 0.4) is 0 Å². The van der Waals surface area contributed by atoms with Gasteiger partial charge in [0, 0.05) is 25.5 Å². The van der Waals surface area contributed by atoms with E-state index in [1.165, 1.54) is 0 Å². The van der Waals surface area contributed by atoms with Crippen molar-refractivity contribution >= 4 is 5.91 Å². The summed E-state index contributed by atoms with van der Waals surface area (Å²) in [6, 6.07) is -0.275. The standard InChI is InChI=1S/C8H14N4O/c1-7(8(9)13)11-3-5-12-4-2-10-6-12/h2,4,6-7,11H,3,5H2,1H3,(H2,9,13). The number of imidazole rings is 1. The molecule has 72 valence electrons. The number of carbonyl (C=O) groups excluding carboxylic acids is 1. The number of primary amides is 1. The monoisotopic (exact) mass is 182 g/mol. The van der Waals surface area contributed by atoms with Crippen molar-refractivity contribution in [1.82, 2.24) is 14.9 Å². The number of hydrogen-bond acceptors (Lipinski definition) is 3. The second-order valence-electron chi connectivity index (χ2n) is 2.88. The minimum atomic E-state index is -0.328. The van der Waals surface area contributed by atoms with Gasteiger partial charge in [-0.2, -0.15) is 0 Å². The smallest absolute Gasteiger partial charge is 0.234 e. The summed E-state index contributed by atoms with van der Waals surface area (Å²) in [4.78, 5) is 14.5. The molecule has 0 saturated carbocycles. The van der Waals surface area contributed by atoms with Gasteiger partial charge in [0.15, 0.2) is 0 Å². The second kappa shape index (κ2) is 4.61. The molecule has 0 spiro atoms. The number of carbonyl (C=O) groups is 1. The van der Waals surface area contributed by atoms with Crippen molar-refractivity contribution in [3.63, 3.8) is 0 Å². The Balaban J connectivity index is 2.18. The van der Waals surface area contributed by atoms with Crippen LogP contribution in [0.5, 0.6) is 0 Å². The number of nitrogens with two attached hydrogens (primary N) is 1. The summed E-state index contributed by atoms with van der Waals surface area (Å²) < 4.78 is 1.93. The van der Waals surface area contributed by atoms with Gasteiger partial charge in [0.05, 0.1) is 12.4 Å². The molecule has 1 unspecified atom stereocenters. The minimum Gasteiger partial charge on any atom is -0.368 e. The highest BCUT2D eigenvalue weighted by atomic mass is 16.1. The van der Waals surface area contributed by atoms with Gasteiger partial charge in [-0.15, -0.1) is 0 Å². The molecular weight excluding hydrogens is 168 g/mol. The van der Waals surface area contributed by atoms with E-state index in [0.717, 1.165) is 6.54 Å². The molecule has 0 radical (unpaired) electrons. The molecule has 1 aromatic heterocycles. The fourth-order valence-electron chi connectivity index (χ4n) is 0.930. The average molecular weight is 182 g/mol. The van der Waals surface area contributed by atoms with E-state index >= 15 is 0 Å². The number of hydrogen-bond donors (Lipinski definition) is 2. The van der Waals surface area contributed by atoms with E-state index in [2.05, 4.69) is 10.3 Å². The Hall–Kier alpha value is -1.36. The largest absolute Gasteiger partial charge is 0.368 e. The molecule has 0 saturated heterocycles. The van der Waals surface area contributed by atoms with Crippen molar-refractivity contribution in [2.75, 3.05) is 6.54 Å². The zero-order valence-electron chi connectivity index (χ0n) is 7.60. The molecule has 1 atom stereocenters. The molecule has 0 aliphatic rings. The predicted molar refractivity (Wildman–Crippen MR) is 48.9 cm³/mol. The third-order valence-electron chi connectivity index (χ3n) is 1.81. The van der Waals surface area contributed by atoms with E-state index in [0.29, 0.717) is 6.54 Å². The first kappa shape index (κ1) is 9.73. The van der Waals surface area contributed by atoms with Crippen molar-refractivity contribution in [3.8, 4) is 0 Å². The van der Waals surface area contributed by atoms with Gasteiger partial charge in [-0.05, 0) is 6.92 Å². The van der Waals surface area contributed by atoms with Crippen molar-refractivity contribution in [1.29, 1.82) is 0 Å². The molecule has 13 heavy (non-hydrogen) atoms. The lowest BCUT2D eigenvalue weighted by atomic mass is 10.3. The Kier molecular flexibility index (Phi) is 3.45. The Bertz CT molecular complexity index is 257. The van der Waals surface area contributed by atoms with Crippen molar-refractivity contribution in [2.24, 2.45) is 5.73 Å². The Morgan fingerprint density at radius 3 is 3.08 bits per heavy atom. The zero-order chi connectivity index (χ0) is 9.68. The summed E-state index contributed by atoms with van der Waals surface area (Å²) in [5.74, 6) is -0.328. The van der Waals surface area contributed by atoms with Crippen LogP contribution in [0.25, 0.3) is 0 Å². The number of nitrogens with one attached hydrogen (secondary N) is 1. The van der Waals surface area contributed by atoms with Gasteiger partial charge < -0.3 is 15.6 Å². The van der Waals surface area contributed by atoms with Gasteiger partial charge in [0.25, 0.3) is 0 Å². The Labute approximate surface area is 76.9 Å². The molecule has 0 bridgehead atoms. The van der Waals surface area contributed by atoms with Gasteiger partial charge >= 0.3 is 0 Å². The predicted octanol–water partition coefficient (Wildman–Crippen LogP) is -0.653. The number of rotatable bonds is 5. The average Bonchev–Trinajstić information content (AvgIpc) is 2.56. The maximum atomic E-state index is 10.6. The number of aromatic nitrogens is 2. The molecule has 1 heterocycles. The Morgan fingerprint density at radius 2 is 2.54 bits per heavy atom. The highest BCUT2D eigenvalue weighted by Gasteiger charge is 2.05. The van der Waals surface area contributed by atoms with E-state index in [1.54, 1.807) is 19.4 Å². The summed E-state index contributed by atoms with van der Waals surface area (Å²) in [6.07, 6.45) is 5.32. The maximum absolute atomic E-state index is 10.6. The first-order valence-corrected chi connectivity index (χ1v) is 4.18. The van der Waals surface area contributed by atoms with Crippen molar-refractivity contribution in [3.05, 3.63) is 18.7 Å². The lowest BCUT2D eigenvalue weighted by Crippen LogP contribution is -2.40. The maximum Gasteiger partial charge on any atom is 0.234 e. The Morgan fingerprint density at radius 1 is 1.77 bits per heavy atom. The van der Waals surface area contributed by atoms with Gasteiger partial charge in [0.1, 0.15) is 0 Å². The van der Waals surface area contributed by atoms with E-state index in [4.69, 9.17) is 5.73 Å². The fourth-order valence-corrected chi connectivity index (χ4v) is 0.930. The van der Waals surface area contributed by atoms with Crippen LogP contribution >= 0.6 is 0 Å². The first-order valence-electron chi connectivity index (χ1n) is 4.18. The third kappa shape index (κ3) is 3.25. The van der Waals surface area contributed by atoms with E-state index in [1.807, 2.05) is 10.8 Å². The lowest BCUT2D eigenvalue weighted by Gasteiger charge is -2.09. The molecule has 3 N–H and O–H groups in total. The van der Waals surface area contributed by atoms with Crippen LogP contribution in [-0.4, -0.2) is 28.0 Å². The molecule has 1 aromatic rings. The van der Waals surface area contributed by atoms with Crippen LogP contribution in [0.15, 0.2) is 18.7 Å². The molecule has 5 heteroatoms. The van der Waals surface area contributed by atoms with Gasteiger partial charge in [0.2, 0.25) is 5.91 Å². The summed E-state index contributed by atoms with van der Waals surface area (Å²) >= 11 is 0. The van der Waals surface area contributed by atoms with Crippen LogP contribution in [0.1, 0.15) is 6.92 Å². The van der Waals surface area contributed by atoms with Crippen LogP contribution in [0.2, 0.25) is 0 Å². The zero-order valence-corrected chi connectivity index (χ0v) is 7.60. The van der Waals surface area contributed by atoms with Crippen LogP contribution in [-0.2, 0) is 11.3 Å². The highest BCUT2D eigenvalue weighted by Crippen LogP contribution is 1.85. The van der Waals surface area contributed by atoms with Crippen molar-refractivity contribution < 1.29 is 4.79 Å². The van der Waals surface area contributed by atoms with E-state index in [9.17, 15) is 4.79 Å². The first-order chi connectivity index (χ1) is 6.20. The molecular formula is C8H14N4O. The van der Waals surface area contributed by atoms with Crippen LogP contribution < -0.4 is 11.1 Å². The molecule has 5 nitrogen and oxygen atoms in total. The van der Waals surface area contributed by atoms with Gasteiger partial charge in [-0.3, -0.25) is 4.79 Å². The SMILES string of the molecule is CC(NCCn1ccnc1)C(N)=O. The molecule has 0 aliphatic heterocycles. The summed E-state index contributed by atoms with van der Waals surface area (Å²) in [7, 11) is 0. The van der Waals surface area contributed by atoms with Crippen LogP contribution in [0.4, 0.5) is 0 Å². The molecule has 0 aromatic carbocycles. The van der Waals surface area contributed by atoms with Crippen molar-refractivity contribution in [2.45, 2.75) is 19.5 Å². The third-order valence-corrected chi connectivity index (χ3v) is 1.81. The summed E-state index contributed by atoms with van der Waals surface area (Å²) in [6.45, 7) is 3.24. The molecule has 1 amide bonds. The van der Waals surface area contributed by atoms with Gasteiger partial charge in [-0.25, -0.2) is 4.98 Å². The fraction of sp³-hybridized carbons (Fsp3) is 0.500. The highest BCUT2D eigenvalue weighted by molar-refractivity contribution is 5.79. The van der Waals surface area contributed by atoms with E-state index < -0.39 is 0 Å². The molecule has 0 aliphatic carbocycles. The van der Waals surface area contributed by atoms with Gasteiger partial charge in [-0.1, -0.05) is 0 Å². The topological polar surface area (TPSA) is 72.9 Å². The number of nitrogens with zero attached hydrogens (tertiary/aromatic N) is 2. The lowest BCUT2D eigenvalue weighted by molar-refractivity contribution is -0.119. The molecule has 1 rings (SSSR count). The van der Waals surface area contributed by atoms with E-state index in [-0.39, 0.29) is 11.9 Å². The normalized spacial score (nSPS) is 12.7. The number of amides is 1.